The minimum Gasteiger partial charge on any atom is -0.315 e. The van der Waals surface area contributed by atoms with Crippen LogP contribution >= 0.6 is 0 Å². The summed E-state index contributed by atoms with van der Waals surface area (Å²) in [7, 11) is 0. The third-order valence-corrected chi connectivity index (χ3v) is 3.84. The van der Waals surface area contributed by atoms with E-state index >= 15 is 0 Å². The Morgan fingerprint density at radius 2 is 2.00 bits per heavy atom. The van der Waals surface area contributed by atoms with Gasteiger partial charge in [0, 0.05) is 12.6 Å². The Morgan fingerprint density at radius 3 is 2.79 bits per heavy atom. The standard InChI is InChI=1S/C12H24N2/c1-11-4-3-8-14(9-6-11)12-5-2-7-13-10-12/h11-13H,2-10H2,1H3. The molecule has 1 N–H and O–H groups in total. The molecule has 0 bridgehead atoms. The predicted octanol–water partition coefficient (Wildman–Crippen LogP) is 1.86. The van der Waals surface area contributed by atoms with Crippen LogP contribution < -0.4 is 5.32 Å². The lowest BCUT2D eigenvalue weighted by molar-refractivity contribution is 0.170. The van der Waals surface area contributed by atoms with Gasteiger partial charge in [0.2, 0.25) is 0 Å². The molecule has 0 aromatic carbocycles. The highest BCUT2D eigenvalue weighted by molar-refractivity contribution is 4.80. The van der Waals surface area contributed by atoms with E-state index in [-0.39, 0.29) is 0 Å². The van der Waals surface area contributed by atoms with Crippen LogP contribution in [0.3, 0.4) is 0 Å². The molecule has 2 fully saturated rings. The largest absolute Gasteiger partial charge is 0.315 e. The van der Waals surface area contributed by atoms with E-state index in [1.807, 2.05) is 0 Å². The second-order valence-electron chi connectivity index (χ2n) is 5.07. The average molecular weight is 196 g/mol. The van der Waals surface area contributed by atoms with Crippen molar-refractivity contribution in [3.8, 4) is 0 Å². The van der Waals surface area contributed by atoms with Gasteiger partial charge in [-0.15, -0.1) is 0 Å². The molecule has 14 heavy (non-hydrogen) atoms. The second-order valence-corrected chi connectivity index (χ2v) is 5.07. The van der Waals surface area contributed by atoms with Gasteiger partial charge in [0.1, 0.15) is 0 Å². The van der Waals surface area contributed by atoms with Gasteiger partial charge in [-0.1, -0.05) is 6.92 Å². The summed E-state index contributed by atoms with van der Waals surface area (Å²) in [5, 5.41) is 3.52. The van der Waals surface area contributed by atoms with E-state index in [2.05, 4.69) is 17.1 Å². The van der Waals surface area contributed by atoms with Crippen molar-refractivity contribution in [2.24, 2.45) is 5.92 Å². The van der Waals surface area contributed by atoms with Gasteiger partial charge in [-0.3, -0.25) is 4.90 Å². The third kappa shape index (κ3) is 2.71. The molecule has 0 aromatic rings. The number of likely N-dealkylation sites (tertiary alicyclic amines) is 1. The maximum absolute atomic E-state index is 3.52. The number of rotatable bonds is 1. The van der Waals surface area contributed by atoms with E-state index in [9.17, 15) is 0 Å². The van der Waals surface area contributed by atoms with Gasteiger partial charge < -0.3 is 5.32 Å². The summed E-state index contributed by atoms with van der Waals surface area (Å²) in [6, 6.07) is 0.842. The Morgan fingerprint density at radius 1 is 1.07 bits per heavy atom. The van der Waals surface area contributed by atoms with Gasteiger partial charge in [0.05, 0.1) is 0 Å². The van der Waals surface area contributed by atoms with Crippen LogP contribution in [0, 0.1) is 5.92 Å². The monoisotopic (exact) mass is 196 g/mol. The van der Waals surface area contributed by atoms with Gasteiger partial charge in [0.15, 0.2) is 0 Å². The van der Waals surface area contributed by atoms with Gasteiger partial charge in [-0.25, -0.2) is 0 Å². The molecule has 2 saturated heterocycles. The van der Waals surface area contributed by atoms with Crippen molar-refractivity contribution in [2.45, 2.75) is 45.1 Å². The summed E-state index contributed by atoms with van der Waals surface area (Å²) in [5.74, 6) is 0.955. The highest BCUT2D eigenvalue weighted by Gasteiger charge is 2.22. The first kappa shape index (κ1) is 10.4. The van der Waals surface area contributed by atoms with Crippen LogP contribution in [0.2, 0.25) is 0 Å². The zero-order chi connectivity index (χ0) is 9.80. The summed E-state index contributed by atoms with van der Waals surface area (Å²) < 4.78 is 0. The van der Waals surface area contributed by atoms with Crippen LogP contribution in [-0.2, 0) is 0 Å². The van der Waals surface area contributed by atoms with E-state index in [4.69, 9.17) is 0 Å². The summed E-state index contributed by atoms with van der Waals surface area (Å²) in [6.45, 7) is 7.56. The first-order valence-corrected chi connectivity index (χ1v) is 6.31. The van der Waals surface area contributed by atoms with Crippen molar-refractivity contribution in [1.82, 2.24) is 10.2 Å². The molecule has 0 radical (unpaired) electrons. The highest BCUT2D eigenvalue weighted by Crippen LogP contribution is 2.20. The summed E-state index contributed by atoms with van der Waals surface area (Å²) in [5.41, 5.74) is 0. The van der Waals surface area contributed by atoms with Crippen molar-refractivity contribution in [3.63, 3.8) is 0 Å². The van der Waals surface area contributed by atoms with E-state index in [1.165, 1.54) is 58.3 Å². The molecule has 2 heteroatoms. The van der Waals surface area contributed by atoms with Crippen LogP contribution in [0.1, 0.15) is 39.0 Å². The van der Waals surface area contributed by atoms with Gasteiger partial charge >= 0.3 is 0 Å². The average Bonchev–Trinajstić information content (AvgIpc) is 2.44. The molecule has 0 aromatic heterocycles. The molecule has 2 aliphatic heterocycles. The van der Waals surface area contributed by atoms with Crippen molar-refractivity contribution >= 4 is 0 Å². The minimum atomic E-state index is 0.842. The SMILES string of the molecule is CC1CCCN(C2CCCNC2)CC1. The third-order valence-electron chi connectivity index (χ3n) is 3.84. The molecule has 2 aliphatic rings. The first-order chi connectivity index (χ1) is 6.86. The predicted molar refractivity (Wildman–Crippen MR) is 60.5 cm³/mol. The van der Waals surface area contributed by atoms with E-state index < -0.39 is 0 Å². The Kier molecular flexibility index (Phi) is 3.82. The molecular formula is C12H24N2. The lowest BCUT2D eigenvalue weighted by Crippen LogP contribution is -2.46. The Bertz CT molecular complexity index is 164. The van der Waals surface area contributed by atoms with Crippen molar-refractivity contribution in [3.05, 3.63) is 0 Å². The summed E-state index contributed by atoms with van der Waals surface area (Å²) >= 11 is 0. The van der Waals surface area contributed by atoms with Gasteiger partial charge in [-0.2, -0.15) is 0 Å². The topological polar surface area (TPSA) is 15.3 Å². The fraction of sp³-hybridized carbons (Fsp3) is 1.00. The minimum absolute atomic E-state index is 0.842. The highest BCUT2D eigenvalue weighted by atomic mass is 15.2. The number of hydrogen-bond donors (Lipinski definition) is 1. The Labute approximate surface area is 88.1 Å². The maximum atomic E-state index is 3.52. The van der Waals surface area contributed by atoms with Crippen LogP contribution in [0.5, 0.6) is 0 Å². The number of nitrogens with one attached hydrogen (secondary N) is 1. The lowest BCUT2D eigenvalue weighted by atomic mass is 10.0. The van der Waals surface area contributed by atoms with Crippen molar-refractivity contribution < 1.29 is 0 Å². The van der Waals surface area contributed by atoms with Crippen LogP contribution in [0.25, 0.3) is 0 Å². The van der Waals surface area contributed by atoms with Gasteiger partial charge in [-0.05, 0) is 57.7 Å². The summed E-state index contributed by atoms with van der Waals surface area (Å²) in [6.07, 6.45) is 7.06. The molecule has 2 nitrogen and oxygen atoms in total. The smallest absolute Gasteiger partial charge is 0.0221 e. The fourth-order valence-corrected chi connectivity index (χ4v) is 2.80. The summed E-state index contributed by atoms with van der Waals surface area (Å²) in [4.78, 5) is 2.73. The quantitative estimate of drug-likeness (QED) is 0.688. The molecule has 0 amide bonds. The molecule has 2 unspecified atom stereocenters. The zero-order valence-electron chi connectivity index (χ0n) is 9.47. The Balaban J connectivity index is 1.83. The molecule has 0 saturated carbocycles. The van der Waals surface area contributed by atoms with E-state index in [0.717, 1.165) is 12.0 Å². The zero-order valence-corrected chi connectivity index (χ0v) is 9.47. The number of nitrogens with zero attached hydrogens (tertiary/aromatic N) is 1. The fourth-order valence-electron chi connectivity index (χ4n) is 2.80. The second kappa shape index (κ2) is 5.13. The number of hydrogen-bond acceptors (Lipinski definition) is 2. The molecular weight excluding hydrogens is 172 g/mol. The molecule has 0 aliphatic carbocycles. The number of piperidine rings is 1. The molecule has 82 valence electrons. The van der Waals surface area contributed by atoms with Crippen LogP contribution in [-0.4, -0.2) is 37.1 Å². The molecule has 2 atom stereocenters. The molecule has 2 heterocycles. The maximum Gasteiger partial charge on any atom is 0.0221 e. The molecule has 2 rings (SSSR count). The van der Waals surface area contributed by atoms with E-state index in [0.29, 0.717) is 0 Å². The molecule has 0 spiro atoms. The van der Waals surface area contributed by atoms with Crippen molar-refractivity contribution in [1.29, 1.82) is 0 Å². The van der Waals surface area contributed by atoms with Crippen molar-refractivity contribution in [2.75, 3.05) is 26.2 Å². The van der Waals surface area contributed by atoms with Crippen LogP contribution in [0.4, 0.5) is 0 Å². The Hall–Kier alpha value is -0.0800. The first-order valence-electron chi connectivity index (χ1n) is 6.31. The van der Waals surface area contributed by atoms with Gasteiger partial charge in [0.25, 0.3) is 0 Å². The van der Waals surface area contributed by atoms with E-state index in [1.54, 1.807) is 0 Å². The normalized spacial score (nSPS) is 36.6. The van der Waals surface area contributed by atoms with Crippen LogP contribution in [0.15, 0.2) is 0 Å². The lowest BCUT2D eigenvalue weighted by Gasteiger charge is -2.33.